The highest BCUT2D eigenvalue weighted by atomic mass is 32.1. The normalized spacial score (nSPS) is 16.8. The summed E-state index contributed by atoms with van der Waals surface area (Å²) in [5.41, 5.74) is 0.401. The molecule has 0 spiro atoms. The van der Waals surface area contributed by atoms with E-state index < -0.39 is 17.2 Å². The van der Waals surface area contributed by atoms with Crippen LogP contribution in [0.25, 0.3) is 11.5 Å². The van der Waals surface area contributed by atoms with Gasteiger partial charge in [0.1, 0.15) is 16.2 Å². The second kappa shape index (κ2) is 10.2. The SMILES string of the molecule is Cc1csc([C@H]2CCCN2C(=O)c2cc(-c3nnc([C@@](C)(Cc4ccccc4)NC(=O)O)o3)cc(=O)[nH]2)n1. The third-order valence-corrected chi connectivity index (χ3v) is 7.50. The largest absolute Gasteiger partial charge is 0.465 e. The average molecular weight is 535 g/mol. The van der Waals surface area contributed by atoms with E-state index >= 15 is 0 Å². The van der Waals surface area contributed by atoms with Crippen LogP contribution in [0.5, 0.6) is 0 Å². The van der Waals surface area contributed by atoms with Gasteiger partial charge in [-0.2, -0.15) is 0 Å². The van der Waals surface area contributed by atoms with Crippen molar-refractivity contribution in [2.75, 3.05) is 6.54 Å². The molecular formula is C26H26N6O5S. The van der Waals surface area contributed by atoms with E-state index in [9.17, 15) is 19.5 Å². The third kappa shape index (κ3) is 5.21. The first-order valence-electron chi connectivity index (χ1n) is 12.1. The maximum absolute atomic E-state index is 13.5. The van der Waals surface area contributed by atoms with Gasteiger partial charge >= 0.3 is 6.09 Å². The van der Waals surface area contributed by atoms with Crippen molar-refractivity contribution in [3.63, 3.8) is 0 Å². The monoisotopic (exact) mass is 534 g/mol. The number of aryl methyl sites for hydroxylation is 1. The number of aromatic amines is 1. The van der Waals surface area contributed by atoms with Gasteiger partial charge in [-0.1, -0.05) is 30.3 Å². The first-order valence-corrected chi connectivity index (χ1v) is 13.0. The lowest BCUT2D eigenvalue weighted by atomic mass is 9.93. The molecule has 3 aromatic heterocycles. The zero-order valence-corrected chi connectivity index (χ0v) is 21.6. The second-order valence-corrected chi connectivity index (χ2v) is 10.4. The molecule has 0 saturated carbocycles. The number of carbonyl (C=O) groups excluding carboxylic acids is 1. The van der Waals surface area contributed by atoms with Crippen LogP contribution < -0.4 is 10.9 Å². The highest BCUT2D eigenvalue weighted by molar-refractivity contribution is 7.09. The average Bonchev–Trinajstić information content (AvgIpc) is 3.64. The molecule has 2 atom stereocenters. The Morgan fingerprint density at radius 2 is 2.05 bits per heavy atom. The number of likely N-dealkylation sites (tertiary alicyclic amines) is 1. The molecule has 3 N–H and O–H groups in total. The molecule has 11 nitrogen and oxygen atoms in total. The van der Waals surface area contributed by atoms with E-state index in [0.717, 1.165) is 29.1 Å². The number of aromatic nitrogens is 4. The number of benzene rings is 1. The fourth-order valence-corrected chi connectivity index (χ4v) is 5.65. The van der Waals surface area contributed by atoms with E-state index in [1.807, 2.05) is 42.6 Å². The summed E-state index contributed by atoms with van der Waals surface area (Å²) in [5.74, 6) is -0.286. The number of nitrogens with one attached hydrogen (secondary N) is 2. The van der Waals surface area contributed by atoms with Gasteiger partial charge in [0, 0.05) is 35.7 Å². The van der Waals surface area contributed by atoms with Crippen LogP contribution in [0.15, 0.2) is 57.1 Å². The predicted molar refractivity (Wildman–Crippen MR) is 139 cm³/mol. The molecule has 1 aliphatic heterocycles. The van der Waals surface area contributed by atoms with Crippen molar-refractivity contribution in [1.29, 1.82) is 0 Å². The minimum Gasteiger partial charge on any atom is -0.465 e. The van der Waals surface area contributed by atoms with E-state index in [1.54, 1.807) is 11.8 Å². The molecule has 1 aromatic carbocycles. The van der Waals surface area contributed by atoms with Gasteiger partial charge in [-0.15, -0.1) is 21.5 Å². The summed E-state index contributed by atoms with van der Waals surface area (Å²) in [6, 6.07) is 11.9. The number of thiazole rings is 1. The van der Waals surface area contributed by atoms with Crippen LogP contribution in [-0.4, -0.2) is 48.7 Å². The molecule has 1 fully saturated rings. The molecule has 2 amide bonds. The molecule has 196 valence electrons. The Labute approximate surface area is 221 Å². The zero-order chi connectivity index (χ0) is 26.9. The summed E-state index contributed by atoms with van der Waals surface area (Å²) in [5, 5.41) is 22.9. The van der Waals surface area contributed by atoms with E-state index in [2.05, 4.69) is 25.5 Å². The number of nitrogens with zero attached hydrogens (tertiary/aromatic N) is 4. The van der Waals surface area contributed by atoms with Crippen LogP contribution >= 0.6 is 11.3 Å². The quantitative estimate of drug-likeness (QED) is 0.323. The fourth-order valence-electron chi connectivity index (χ4n) is 4.70. The number of pyridine rings is 1. The Balaban J connectivity index is 1.44. The number of rotatable bonds is 7. The predicted octanol–water partition coefficient (Wildman–Crippen LogP) is 3.89. The van der Waals surface area contributed by atoms with Crippen molar-refractivity contribution in [3.05, 3.63) is 86.0 Å². The lowest BCUT2D eigenvalue weighted by molar-refractivity contribution is 0.0729. The zero-order valence-electron chi connectivity index (χ0n) is 20.8. The molecule has 38 heavy (non-hydrogen) atoms. The smallest absolute Gasteiger partial charge is 0.405 e. The van der Waals surface area contributed by atoms with Gasteiger partial charge in [0.25, 0.3) is 5.91 Å². The third-order valence-electron chi connectivity index (χ3n) is 6.44. The summed E-state index contributed by atoms with van der Waals surface area (Å²) in [6.45, 7) is 4.11. The molecule has 0 aliphatic carbocycles. The fraction of sp³-hybridized carbons (Fsp3) is 0.308. The van der Waals surface area contributed by atoms with Crippen LogP contribution in [0.3, 0.4) is 0 Å². The number of hydrogen-bond donors (Lipinski definition) is 3. The van der Waals surface area contributed by atoms with Gasteiger partial charge in [0.15, 0.2) is 0 Å². The van der Waals surface area contributed by atoms with Crippen LogP contribution in [0.1, 0.15) is 58.5 Å². The number of hydrogen-bond acceptors (Lipinski definition) is 8. The minimum absolute atomic E-state index is 0.000135. The summed E-state index contributed by atoms with van der Waals surface area (Å²) >= 11 is 1.52. The molecule has 12 heteroatoms. The Morgan fingerprint density at radius 1 is 1.26 bits per heavy atom. The molecule has 1 aliphatic rings. The molecule has 1 saturated heterocycles. The van der Waals surface area contributed by atoms with Crippen molar-refractivity contribution in [2.45, 2.75) is 44.7 Å². The van der Waals surface area contributed by atoms with Crippen molar-refractivity contribution >= 4 is 23.3 Å². The summed E-state index contributed by atoms with van der Waals surface area (Å²) in [7, 11) is 0. The Bertz CT molecular complexity index is 1530. The minimum atomic E-state index is -1.25. The Hall–Kier alpha value is -4.32. The molecule has 0 bridgehead atoms. The Kier molecular flexibility index (Phi) is 6.81. The van der Waals surface area contributed by atoms with Gasteiger partial charge in [-0.3, -0.25) is 9.59 Å². The number of carbonyl (C=O) groups is 2. The van der Waals surface area contributed by atoms with E-state index in [4.69, 9.17) is 4.42 Å². The number of carboxylic acid groups (broad SMARTS) is 1. The van der Waals surface area contributed by atoms with Crippen LogP contribution in [-0.2, 0) is 12.0 Å². The van der Waals surface area contributed by atoms with Crippen LogP contribution in [0, 0.1) is 6.92 Å². The molecule has 5 rings (SSSR count). The lowest BCUT2D eigenvalue weighted by Gasteiger charge is -2.25. The summed E-state index contributed by atoms with van der Waals surface area (Å²) in [6.07, 6.45) is 0.644. The van der Waals surface area contributed by atoms with Gasteiger partial charge in [0.2, 0.25) is 17.3 Å². The van der Waals surface area contributed by atoms with Gasteiger partial charge < -0.3 is 24.7 Å². The van der Waals surface area contributed by atoms with Crippen molar-refractivity contribution < 1.29 is 19.1 Å². The van der Waals surface area contributed by atoms with Crippen molar-refractivity contribution in [2.24, 2.45) is 0 Å². The summed E-state index contributed by atoms with van der Waals surface area (Å²) < 4.78 is 5.88. The summed E-state index contributed by atoms with van der Waals surface area (Å²) in [4.78, 5) is 46.5. The van der Waals surface area contributed by atoms with Gasteiger partial charge in [-0.05, 0) is 38.3 Å². The first-order chi connectivity index (χ1) is 18.2. The molecule has 0 unspecified atom stereocenters. The van der Waals surface area contributed by atoms with Gasteiger partial charge in [-0.25, -0.2) is 9.78 Å². The van der Waals surface area contributed by atoms with E-state index in [1.165, 1.54) is 23.5 Å². The number of H-pyrrole nitrogens is 1. The molecule has 0 radical (unpaired) electrons. The maximum atomic E-state index is 13.5. The highest BCUT2D eigenvalue weighted by Crippen LogP contribution is 2.35. The topological polar surface area (TPSA) is 154 Å². The number of amides is 2. The molecule has 4 heterocycles. The first kappa shape index (κ1) is 25.3. The molecule has 4 aromatic rings. The maximum Gasteiger partial charge on any atom is 0.405 e. The van der Waals surface area contributed by atoms with E-state index in [-0.39, 0.29) is 41.4 Å². The standard InChI is InChI=1S/C26H26N6O5S/c1-15-14-38-22(27-15)19-9-6-10-32(19)23(34)18-11-17(12-20(33)28-18)21-30-31-24(37-21)26(2,29-25(35)36)13-16-7-4-3-5-8-16/h3-5,7-8,11-12,14,19,29H,6,9-10,13H2,1-2H3,(H,28,33)(H,35,36)/t19-,26-/m1/s1. The van der Waals surface area contributed by atoms with Gasteiger partial charge in [0.05, 0.1) is 6.04 Å². The van der Waals surface area contributed by atoms with Crippen LogP contribution in [0.4, 0.5) is 4.79 Å². The van der Waals surface area contributed by atoms with E-state index in [0.29, 0.717) is 6.54 Å². The van der Waals surface area contributed by atoms with Crippen LogP contribution in [0.2, 0.25) is 0 Å². The van der Waals surface area contributed by atoms with Crippen molar-refractivity contribution in [1.82, 2.24) is 30.4 Å². The highest BCUT2D eigenvalue weighted by Gasteiger charge is 2.36. The lowest BCUT2D eigenvalue weighted by Crippen LogP contribution is -2.44. The molecular weight excluding hydrogens is 508 g/mol. The van der Waals surface area contributed by atoms with Crippen molar-refractivity contribution in [3.8, 4) is 11.5 Å². The second-order valence-electron chi connectivity index (χ2n) is 9.47. The Morgan fingerprint density at radius 3 is 2.76 bits per heavy atom.